The summed E-state index contributed by atoms with van der Waals surface area (Å²) in [6.45, 7) is 8.88. The van der Waals surface area contributed by atoms with E-state index in [0.29, 0.717) is 6.04 Å². The number of aryl methyl sites for hydroxylation is 2. The summed E-state index contributed by atoms with van der Waals surface area (Å²) in [5.41, 5.74) is 4.24. The zero-order valence-electron chi connectivity index (χ0n) is 14.7. The molecule has 0 saturated carbocycles. The number of piperidine rings is 1. The first kappa shape index (κ1) is 15.6. The van der Waals surface area contributed by atoms with Crippen LogP contribution in [0.25, 0.3) is 0 Å². The third-order valence-corrected chi connectivity index (χ3v) is 5.72. The topological polar surface area (TPSA) is 32.3 Å². The van der Waals surface area contributed by atoms with Gasteiger partial charge < -0.3 is 4.90 Å². The molecular formula is C20H26N4. The second-order valence-corrected chi connectivity index (χ2v) is 7.31. The molecule has 2 aromatic rings. The fraction of sp³-hybridized carbons (Fsp3) is 0.500. The number of hydrogen-bond acceptors (Lipinski definition) is 4. The summed E-state index contributed by atoms with van der Waals surface area (Å²) in [6, 6.07) is 7.49. The van der Waals surface area contributed by atoms with Crippen LogP contribution >= 0.6 is 0 Å². The number of rotatable bonds is 3. The highest BCUT2D eigenvalue weighted by Gasteiger charge is 2.38. The molecule has 0 radical (unpaired) electrons. The molecule has 4 rings (SSSR count). The van der Waals surface area contributed by atoms with Crippen molar-refractivity contribution in [3.63, 3.8) is 0 Å². The number of anilines is 1. The molecule has 0 aliphatic carbocycles. The van der Waals surface area contributed by atoms with Crippen molar-refractivity contribution in [3.8, 4) is 0 Å². The first-order valence-corrected chi connectivity index (χ1v) is 9.02. The molecule has 2 aliphatic rings. The van der Waals surface area contributed by atoms with Crippen LogP contribution in [-0.4, -0.2) is 40.5 Å². The molecule has 2 saturated heterocycles. The Morgan fingerprint density at radius 3 is 2.79 bits per heavy atom. The average molecular weight is 322 g/mol. The normalized spacial score (nSPS) is 24.2. The third kappa shape index (κ3) is 3.03. The zero-order chi connectivity index (χ0) is 16.5. The SMILES string of the molecule is Cc1ccc(CN2CCC3CCN(c4cnccn4)CC32)c(C)c1. The predicted molar refractivity (Wildman–Crippen MR) is 97.1 cm³/mol. The van der Waals surface area contributed by atoms with Crippen LogP contribution in [0.3, 0.4) is 0 Å². The minimum absolute atomic E-state index is 0.640. The van der Waals surface area contributed by atoms with Gasteiger partial charge in [0, 0.05) is 38.1 Å². The number of hydrogen-bond donors (Lipinski definition) is 0. The lowest BCUT2D eigenvalue weighted by molar-refractivity contribution is 0.200. The van der Waals surface area contributed by atoms with Gasteiger partial charge in [0.15, 0.2) is 0 Å². The van der Waals surface area contributed by atoms with Crippen molar-refractivity contribution < 1.29 is 0 Å². The summed E-state index contributed by atoms with van der Waals surface area (Å²) in [5, 5.41) is 0. The van der Waals surface area contributed by atoms with Crippen molar-refractivity contribution in [2.24, 2.45) is 5.92 Å². The van der Waals surface area contributed by atoms with E-state index in [4.69, 9.17) is 0 Å². The Morgan fingerprint density at radius 1 is 1.12 bits per heavy atom. The van der Waals surface area contributed by atoms with Gasteiger partial charge in [-0.25, -0.2) is 4.98 Å². The molecule has 4 heteroatoms. The molecule has 2 fully saturated rings. The van der Waals surface area contributed by atoms with Crippen LogP contribution in [0.2, 0.25) is 0 Å². The van der Waals surface area contributed by atoms with E-state index in [1.54, 1.807) is 12.4 Å². The highest BCUT2D eigenvalue weighted by Crippen LogP contribution is 2.34. The van der Waals surface area contributed by atoms with Crippen LogP contribution in [-0.2, 0) is 6.54 Å². The van der Waals surface area contributed by atoms with E-state index in [-0.39, 0.29) is 0 Å². The largest absolute Gasteiger partial charge is 0.354 e. The Balaban J connectivity index is 1.49. The molecule has 0 amide bonds. The van der Waals surface area contributed by atoms with E-state index in [1.807, 2.05) is 6.20 Å². The molecular weight excluding hydrogens is 296 g/mol. The Labute approximate surface area is 144 Å². The minimum Gasteiger partial charge on any atom is -0.354 e. The first-order valence-electron chi connectivity index (χ1n) is 9.02. The van der Waals surface area contributed by atoms with Gasteiger partial charge in [0.1, 0.15) is 5.82 Å². The molecule has 24 heavy (non-hydrogen) atoms. The van der Waals surface area contributed by atoms with Crippen LogP contribution < -0.4 is 4.90 Å². The standard InChI is InChI=1S/C20H26N4/c1-15-3-4-18(16(2)11-15)13-23-9-5-17-6-10-24(14-19(17)23)20-12-21-7-8-22-20/h3-4,7-8,11-12,17,19H,5-6,9-10,13-14H2,1-2H3. The molecule has 0 N–H and O–H groups in total. The Hall–Kier alpha value is -1.94. The lowest BCUT2D eigenvalue weighted by Gasteiger charge is -2.39. The Bertz CT molecular complexity index is 700. The third-order valence-electron chi connectivity index (χ3n) is 5.72. The fourth-order valence-electron chi connectivity index (χ4n) is 4.33. The van der Waals surface area contributed by atoms with E-state index in [2.05, 4.69) is 51.8 Å². The molecule has 0 bridgehead atoms. The van der Waals surface area contributed by atoms with Gasteiger partial charge in [-0.1, -0.05) is 23.8 Å². The summed E-state index contributed by atoms with van der Waals surface area (Å²) in [4.78, 5) is 13.8. The molecule has 2 unspecified atom stereocenters. The zero-order valence-corrected chi connectivity index (χ0v) is 14.7. The van der Waals surface area contributed by atoms with E-state index in [0.717, 1.165) is 31.4 Å². The number of aromatic nitrogens is 2. The first-order chi connectivity index (χ1) is 11.7. The van der Waals surface area contributed by atoms with Crippen LogP contribution in [0, 0.1) is 19.8 Å². The van der Waals surface area contributed by atoms with E-state index in [9.17, 15) is 0 Å². The molecule has 126 valence electrons. The number of nitrogens with zero attached hydrogens (tertiary/aromatic N) is 4. The fourth-order valence-corrected chi connectivity index (χ4v) is 4.33. The maximum atomic E-state index is 4.49. The van der Waals surface area contributed by atoms with Gasteiger partial charge in [0.05, 0.1) is 6.20 Å². The second kappa shape index (κ2) is 6.52. The second-order valence-electron chi connectivity index (χ2n) is 7.31. The molecule has 3 heterocycles. The van der Waals surface area contributed by atoms with Gasteiger partial charge in [0.2, 0.25) is 0 Å². The number of benzene rings is 1. The number of fused-ring (bicyclic) bond motifs is 1. The van der Waals surface area contributed by atoms with Crippen molar-refractivity contribution in [3.05, 3.63) is 53.5 Å². The Morgan fingerprint density at radius 2 is 2.00 bits per heavy atom. The molecule has 0 spiro atoms. The average Bonchev–Trinajstić information content (AvgIpc) is 3.00. The van der Waals surface area contributed by atoms with Crippen LogP contribution in [0.5, 0.6) is 0 Å². The molecule has 1 aromatic carbocycles. The predicted octanol–water partition coefficient (Wildman–Crippen LogP) is 3.19. The quantitative estimate of drug-likeness (QED) is 0.869. The van der Waals surface area contributed by atoms with Crippen molar-refractivity contribution in [2.45, 2.75) is 39.3 Å². The van der Waals surface area contributed by atoms with Gasteiger partial charge >= 0.3 is 0 Å². The van der Waals surface area contributed by atoms with Gasteiger partial charge in [0.25, 0.3) is 0 Å². The monoisotopic (exact) mass is 322 g/mol. The molecule has 2 aliphatic heterocycles. The van der Waals surface area contributed by atoms with Crippen molar-refractivity contribution in [1.29, 1.82) is 0 Å². The van der Waals surface area contributed by atoms with Crippen molar-refractivity contribution in [1.82, 2.24) is 14.9 Å². The lowest BCUT2D eigenvalue weighted by Crippen LogP contribution is -2.48. The van der Waals surface area contributed by atoms with Crippen LogP contribution in [0.15, 0.2) is 36.8 Å². The van der Waals surface area contributed by atoms with Gasteiger partial charge in [-0.05, 0) is 50.3 Å². The van der Waals surface area contributed by atoms with E-state index >= 15 is 0 Å². The summed E-state index contributed by atoms with van der Waals surface area (Å²) in [6.07, 6.45) is 8.04. The van der Waals surface area contributed by atoms with E-state index < -0.39 is 0 Å². The summed E-state index contributed by atoms with van der Waals surface area (Å²) in [5.74, 6) is 1.86. The van der Waals surface area contributed by atoms with E-state index in [1.165, 1.54) is 36.1 Å². The van der Waals surface area contributed by atoms with Gasteiger partial charge in [-0.3, -0.25) is 9.88 Å². The van der Waals surface area contributed by atoms with Crippen molar-refractivity contribution in [2.75, 3.05) is 24.5 Å². The van der Waals surface area contributed by atoms with Crippen molar-refractivity contribution >= 4 is 5.82 Å². The summed E-state index contributed by atoms with van der Waals surface area (Å²) < 4.78 is 0. The highest BCUT2D eigenvalue weighted by molar-refractivity contribution is 5.37. The van der Waals surface area contributed by atoms with Crippen LogP contribution in [0.1, 0.15) is 29.5 Å². The van der Waals surface area contributed by atoms with Crippen LogP contribution in [0.4, 0.5) is 5.82 Å². The highest BCUT2D eigenvalue weighted by atomic mass is 15.3. The minimum atomic E-state index is 0.640. The maximum absolute atomic E-state index is 4.49. The Kier molecular flexibility index (Phi) is 4.23. The molecule has 1 aromatic heterocycles. The lowest BCUT2D eigenvalue weighted by atomic mass is 9.92. The molecule has 4 nitrogen and oxygen atoms in total. The molecule has 2 atom stereocenters. The van der Waals surface area contributed by atoms with Gasteiger partial charge in [-0.2, -0.15) is 0 Å². The maximum Gasteiger partial charge on any atom is 0.147 e. The summed E-state index contributed by atoms with van der Waals surface area (Å²) in [7, 11) is 0. The van der Waals surface area contributed by atoms with Gasteiger partial charge in [-0.15, -0.1) is 0 Å². The smallest absolute Gasteiger partial charge is 0.147 e. The number of likely N-dealkylation sites (tertiary alicyclic amines) is 1. The summed E-state index contributed by atoms with van der Waals surface area (Å²) >= 11 is 0.